The van der Waals surface area contributed by atoms with E-state index in [1.54, 1.807) is 12.1 Å². The highest BCUT2D eigenvalue weighted by Gasteiger charge is 2.33. The molecule has 3 aromatic rings. The summed E-state index contributed by atoms with van der Waals surface area (Å²) >= 11 is 0. The minimum absolute atomic E-state index is 0.115. The summed E-state index contributed by atoms with van der Waals surface area (Å²) in [5.41, 5.74) is 2.86. The Morgan fingerprint density at radius 2 is 1.63 bits per heavy atom. The molecule has 3 rings (SSSR count). The lowest BCUT2D eigenvalue weighted by Gasteiger charge is -2.34. The van der Waals surface area contributed by atoms with Gasteiger partial charge >= 0.3 is 0 Å². The molecular formula is C31H39N3O6S. The van der Waals surface area contributed by atoms with Gasteiger partial charge in [-0.3, -0.25) is 13.9 Å². The predicted octanol–water partition coefficient (Wildman–Crippen LogP) is 3.94. The van der Waals surface area contributed by atoms with Gasteiger partial charge in [-0.2, -0.15) is 0 Å². The molecule has 10 heteroatoms. The molecule has 0 radical (unpaired) electrons. The van der Waals surface area contributed by atoms with Crippen LogP contribution in [0.3, 0.4) is 0 Å². The number of carbonyl (C=O) groups excluding carboxylic acids is 2. The molecule has 220 valence electrons. The number of benzene rings is 3. The fourth-order valence-electron chi connectivity index (χ4n) is 4.51. The highest BCUT2D eigenvalue weighted by molar-refractivity contribution is 7.92. The van der Waals surface area contributed by atoms with Gasteiger partial charge < -0.3 is 19.7 Å². The van der Waals surface area contributed by atoms with E-state index in [0.717, 1.165) is 33.7 Å². The summed E-state index contributed by atoms with van der Waals surface area (Å²) in [6.45, 7) is 3.93. The number of nitrogens with one attached hydrogen (secondary N) is 1. The van der Waals surface area contributed by atoms with Crippen molar-refractivity contribution in [2.24, 2.45) is 0 Å². The summed E-state index contributed by atoms with van der Waals surface area (Å²) in [4.78, 5) is 29.2. The van der Waals surface area contributed by atoms with E-state index in [0.29, 0.717) is 12.3 Å². The van der Waals surface area contributed by atoms with Crippen molar-refractivity contribution in [1.82, 2.24) is 10.2 Å². The van der Waals surface area contributed by atoms with Gasteiger partial charge in [0.1, 0.15) is 24.1 Å². The molecular weight excluding hydrogens is 542 g/mol. The van der Waals surface area contributed by atoms with E-state index in [-0.39, 0.29) is 30.3 Å². The number of nitrogens with zero attached hydrogens (tertiary/aromatic N) is 2. The van der Waals surface area contributed by atoms with Crippen LogP contribution in [-0.2, 0) is 32.6 Å². The standard InChI is InChI=1S/C31H39N3O6S/c1-6-17-32-31(36)28(19-24-12-8-7-9-13-24)33(21-25-14-10-11-23(2)18-25)30(35)22-34(41(5,37)38)27-20-26(39-3)15-16-29(27)40-4/h7-16,18,20,28H,6,17,19,21-22H2,1-5H3,(H,32,36). The maximum Gasteiger partial charge on any atom is 0.244 e. The Balaban J connectivity index is 2.10. The molecule has 0 aliphatic heterocycles. The Morgan fingerprint density at radius 1 is 0.927 bits per heavy atom. The number of rotatable bonds is 14. The number of ether oxygens (including phenoxy) is 2. The summed E-state index contributed by atoms with van der Waals surface area (Å²) in [6.07, 6.45) is 2.02. The van der Waals surface area contributed by atoms with Crippen LogP contribution in [0.2, 0.25) is 0 Å². The van der Waals surface area contributed by atoms with Crippen LogP contribution in [0.15, 0.2) is 72.8 Å². The van der Waals surface area contributed by atoms with Crippen LogP contribution in [0.4, 0.5) is 5.69 Å². The van der Waals surface area contributed by atoms with Crippen molar-refractivity contribution in [1.29, 1.82) is 0 Å². The molecule has 0 saturated carbocycles. The van der Waals surface area contributed by atoms with Gasteiger partial charge in [0.2, 0.25) is 21.8 Å². The van der Waals surface area contributed by atoms with E-state index < -0.39 is 28.5 Å². The Bertz CT molecular complexity index is 1430. The normalized spacial score (nSPS) is 11.8. The number of amides is 2. The van der Waals surface area contributed by atoms with Gasteiger partial charge in [-0.15, -0.1) is 0 Å². The van der Waals surface area contributed by atoms with Crippen LogP contribution >= 0.6 is 0 Å². The molecule has 0 saturated heterocycles. The highest BCUT2D eigenvalue weighted by atomic mass is 32.2. The molecule has 0 aliphatic carbocycles. The number of anilines is 1. The minimum atomic E-state index is -3.95. The van der Waals surface area contributed by atoms with Crippen molar-refractivity contribution >= 4 is 27.5 Å². The van der Waals surface area contributed by atoms with Gasteiger partial charge in [0.05, 0.1) is 26.2 Å². The zero-order valence-corrected chi connectivity index (χ0v) is 25.1. The zero-order valence-electron chi connectivity index (χ0n) is 24.3. The number of sulfonamides is 1. The number of aryl methyl sites for hydroxylation is 1. The number of methoxy groups -OCH3 is 2. The molecule has 9 nitrogen and oxygen atoms in total. The third-order valence-electron chi connectivity index (χ3n) is 6.59. The number of hydrogen-bond acceptors (Lipinski definition) is 6. The molecule has 1 unspecified atom stereocenters. The summed E-state index contributed by atoms with van der Waals surface area (Å²) in [7, 11) is -1.06. The van der Waals surface area contributed by atoms with Crippen molar-refractivity contribution in [3.05, 3.63) is 89.5 Å². The summed E-state index contributed by atoms with van der Waals surface area (Å²) in [5, 5.41) is 2.93. The quantitative estimate of drug-likeness (QED) is 0.309. The van der Waals surface area contributed by atoms with E-state index in [4.69, 9.17) is 9.47 Å². The largest absolute Gasteiger partial charge is 0.497 e. The third-order valence-corrected chi connectivity index (χ3v) is 7.72. The molecule has 41 heavy (non-hydrogen) atoms. The van der Waals surface area contributed by atoms with Crippen LogP contribution in [0.1, 0.15) is 30.0 Å². The summed E-state index contributed by atoms with van der Waals surface area (Å²) in [6, 6.07) is 21.0. The minimum Gasteiger partial charge on any atom is -0.497 e. The Hall–Kier alpha value is -4.05. The van der Waals surface area contributed by atoms with E-state index >= 15 is 0 Å². The second-order valence-electron chi connectivity index (χ2n) is 9.81. The molecule has 1 N–H and O–H groups in total. The lowest BCUT2D eigenvalue weighted by atomic mass is 10.0. The molecule has 3 aromatic carbocycles. The van der Waals surface area contributed by atoms with Crippen LogP contribution in [-0.4, -0.2) is 64.7 Å². The van der Waals surface area contributed by atoms with Gasteiger partial charge in [-0.05, 0) is 36.6 Å². The average Bonchev–Trinajstić information content (AvgIpc) is 2.96. The fraction of sp³-hybridized carbons (Fsp3) is 0.355. The highest BCUT2D eigenvalue weighted by Crippen LogP contribution is 2.34. The first kappa shape index (κ1) is 31.5. The lowest BCUT2D eigenvalue weighted by molar-refractivity contribution is -0.140. The SMILES string of the molecule is CCCNC(=O)C(Cc1ccccc1)N(Cc1cccc(C)c1)C(=O)CN(c1cc(OC)ccc1OC)S(C)(=O)=O. The first-order chi connectivity index (χ1) is 19.6. The van der Waals surface area contributed by atoms with Crippen LogP contribution in [0.25, 0.3) is 0 Å². The second kappa shape index (κ2) is 14.5. The molecule has 0 aromatic heterocycles. The van der Waals surface area contributed by atoms with Crippen molar-refractivity contribution in [3.8, 4) is 11.5 Å². The van der Waals surface area contributed by atoms with E-state index in [2.05, 4.69) is 5.32 Å². The summed E-state index contributed by atoms with van der Waals surface area (Å²) < 4.78 is 37.9. The fourth-order valence-corrected chi connectivity index (χ4v) is 5.36. The van der Waals surface area contributed by atoms with Crippen molar-refractivity contribution < 1.29 is 27.5 Å². The van der Waals surface area contributed by atoms with Crippen LogP contribution in [0, 0.1) is 6.92 Å². The topological polar surface area (TPSA) is 105 Å². The molecule has 1 atom stereocenters. The number of carbonyl (C=O) groups is 2. The monoisotopic (exact) mass is 581 g/mol. The lowest BCUT2D eigenvalue weighted by Crippen LogP contribution is -2.53. The molecule has 0 aliphatic rings. The molecule has 0 fully saturated rings. The Labute approximate surface area is 243 Å². The zero-order chi connectivity index (χ0) is 30.0. The van der Waals surface area contributed by atoms with Crippen molar-refractivity contribution in [3.63, 3.8) is 0 Å². The van der Waals surface area contributed by atoms with Crippen LogP contribution in [0.5, 0.6) is 11.5 Å². The third kappa shape index (κ3) is 8.72. The smallest absolute Gasteiger partial charge is 0.244 e. The van der Waals surface area contributed by atoms with Gasteiger partial charge in [0.25, 0.3) is 0 Å². The summed E-state index contributed by atoms with van der Waals surface area (Å²) in [5.74, 6) is -0.175. The van der Waals surface area contributed by atoms with Gasteiger partial charge in [0.15, 0.2) is 0 Å². The Kier molecular flexibility index (Phi) is 11.2. The van der Waals surface area contributed by atoms with Gasteiger partial charge in [0, 0.05) is 25.6 Å². The van der Waals surface area contributed by atoms with Crippen molar-refractivity contribution in [2.75, 3.05) is 37.9 Å². The van der Waals surface area contributed by atoms with Gasteiger partial charge in [-0.25, -0.2) is 8.42 Å². The second-order valence-corrected chi connectivity index (χ2v) is 11.7. The maximum absolute atomic E-state index is 14.2. The van der Waals surface area contributed by atoms with Crippen LogP contribution < -0.4 is 19.1 Å². The van der Waals surface area contributed by atoms with E-state index in [1.165, 1.54) is 25.2 Å². The molecule has 0 spiro atoms. The average molecular weight is 582 g/mol. The first-order valence-corrected chi connectivity index (χ1v) is 15.3. The van der Waals surface area contributed by atoms with E-state index in [1.807, 2.05) is 68.4 Å². The Morgan fingerprint density at radius 3 is 2.24 bits per heavy atom. The molecule has 2 amide bonds. The molecule has 0 bridgehead atoms. The maximum atomic E-state index is 14.2. The predicted molar refractivity (Wildman–Crippen MR) is 161 cm³/mol. The first-order valence-electron chi connectivity index (χ1n) is 13.4. The van der Waals surface area contributed by atoms with E-state index in [9.17, 15) is 18.0 Å². The van der Waals surface area contributed by atoms with Crippen molar-refractivity contribution in [2.45, 2.75) is 39.3 Å². The molecule has 0 heterocycles. The number of hydrogen-bond donors (Lipinski definition) is 1. The van der Waals surface area contributed by atoms with Gasteiger partial charge in [-0.1, -0.05) is 67.1 Å².